The van der Waals surface area contributed by atoms with Gasteiger partial charge in [-0.25, -0.2) is 4.39 Å². The van der Waals surface area contributed by atoms with Gasteiger partial charge in [0.15, 0.2) is 0 Å². The molecule has 0 aliphatic carbocycles. The summed E-state index contributed by atoms with van der Waals surface area (Å²) in [7, 11) is 1.39. The van der Waals surface area contributed by atoms with E-state index in [9.17, 15) is 9.18 Å². The third kappa shape index (κ3) is 4.35. The Morgan fingerprint density at radius 2 is 1.90 bits per heavy atom. The Hall–Kier alpha value is -3.60. The van der Waals surface area contributed by atoms with Crippen molar-refractivity contribution in [2.45, 2.75) is 19.4 Å². The molecule has 0 aliphatic rings. The van der Waals surface area contributed by atoms with E-state index < -0.39 is 0 Å². The van der Waals surface area contributed by atoms with Crippen molar-refractivity contribution in [3.8, 4) is 16.9 Å². The van der Waals surface area contributed by atoms with Crippen LogP contribution in [-0.4, -0.2) is 18.1 Å². The Morgan fingerprint density at radius 3 is 2.73 bits per heavy atom. The van der Waals surface area contributed by atoms with E-state index in [1.54, 1.807) is 18.2 Å². The molecule has 0 aliphatic heterocycles. The smallest absolute Gasteiger partial charge is 0.305 e. The zero-order valence-electron chi connectivity index (χ0n) is 16.7. The summed E-state index contributed by atoms with van der Waals surface area (Å²) in [5, 5.41) is 1.09. The average Bonchev–Trinajstić information content (AvgIpc) is 3.25. The molecule has 0 atom stereocenters. The molecule has 1 aromatic heterocycles. The van der Waals surface area contributed by atoms with Gasteiger partial charge in [0.25, 0.3) is 0 Å². The lowest BCUT2D eigenvalue weighted by Crippen LogP contribution is -2.03. The van der Waals surface area contributed by atoms with Crippen LogP contribution in [0.4, 0.5) is 4.39 Å². The van der Waals surface area contributed by atoms with Crippen LogP contribution in [0.3, 0.4) is 0 Å². The monoisotopic (exact) mass is 403 g/mol. The molecule has 30 heavy (non-hydrogen) atoms. The molecular formula is C25H22FNO3. The number of hydrogen-bond donors (Lipinski definition) is 1. The Labute approximate surface area is 174 Å². The maximum absolute atomic E-state index is 14.0. The van der Waals surface area contributed by atoms with Crippen molar-refractivity contribution >= 4 is 16.9 Å². The quantitative estimate of drug-likeness (QED) is 0.405. The second kappa shape index (κ2) is 8.82. The summed E-state index contributed by atoms with van der Waals surface area (Å²) in [5.41, 5.74) is 4.44. The zero-order valence-corrected chi connectivity index (χ0v) is 16.7. The molecule has 1 N–H and O–H groups in total. The standard InChI is InChI=1S/C25H22FNO3/c1-29-25(28)11-7-17-6-10-24(30-16-20-4-2-3-5-22(20)26)21(14-17)18-8-9-23-19(15-18)12-13-27-23/h2-6,8-10,12-15,27H,7,11,16H2,1H3. The molecule has 0 saturated heterocycles. The summed E-state index contributed by atoms with van der Waals surface area (Å²) in [6.07, 6.45) is 2.78. The van der Waals surface area contributed by atoms with Gasteiger partial charge in [-0.15, -0.1) is 0 Å². The number of carbonyl (C=O) groups is 1. The number of hydrogen-bond acceptors (Lipinski definition) is 3. The Kier molecular flexibility index (Phi) is 5.80. The first-order valence-electron chi connectivity index (χ1n) is 9.77. The molecule has 1 heterocycles. The van der Waals surface area contributed by atoms with Gasteiger partial charge in [-0.1, -0.05) is 30.3 Å². The highest BCUT2D eigenvalue weighted by Gasteiger charge is 2.12. The predicted molar refractivity (Wildman–Crippen MR) is 115 cm³/mol. The van der Waals surface area contributed by atoms with E-state index in [1.807, 2.05) is 42.6 Å². The lowest BCUT2D eigenvalue weighted by atomic mass is 9.98. The topological polar surface area (TPSA) is 51.3 Å². The summed E-state index contributed by atoms with van der Waals surface area (Å²) in [6.45, 7) is 0.133. The first-order valence-corrected chi connectivity index (χ1v) is 9.77. The second-order valence-electron chi connectivity index (χ2n) is 7.07. The van der Waals surface area contributed by atoms with E-state index in [1.165, 1.54) is 13.2 Å². The fourth-order valence-electron chi connectivity index (χ4n) is 3.42. The molecule has 0 spiro atoms. The van der Waals surface area contributed by atoms with E-state index in [4.69, 9.17) is 9.47 Å². The van der Waals surface area contributed by atoms with Gasteiger partial charge in [-0.05, 0) is 59.3 Å². The number of carbonyl (C=O) groups excluding carboxylic acids is 1. The van der Waals surface area contributed by atoms with Gasteiger partial charge in [-0.2, -0.15) is 0 Å². The SMILES string of the molecule is COC(=O)CCc1ccc(OCc2ccccc2F)c(-c2ccc3[nH]ccc3c2)c1. The van der Waals surface area contributed by atoms with Crippen LogP contribution in [0.2, 0.25) is 0 Å². The molecule has 152 valence electrons. The summed E-state index contributed by atoms with van der Waals surface area (Å²) in [6, 6.07) is 20.6. The highest BCUT2D eigenvalue weighted by molar-refractivity contribution is 5.86. The van der Waals surface area contributed by atoms with Crippen LogP contribution in [-0.2, 0) is 22.6 Å². The molecule has 0 bridgehead atoms. The first-order chi connectivity index (χ1) is 14.6. The number of methoxy groups -OCH3 is 1. The second-order valence-corrected chi connectivity index (χ2v) is 7.07. The van der Waals surface area contributed by atoms with Crippen LogP contribution >= 0.6 is 0 Å². The number of ether oxygens (including phenoxy) is 2. The van der Waals surface area contributed by atoms with Crippen molar-refractivity contribution in [3.63, 3.8) is 0 Å². The maximum Gasteiger partial charge on any atom is 0.305 e. The number of esters is 1. The van der Waals surface area contributed by atoms with Gasteiger partial charge in [0.1, 0.15) is 18.2 Å². The number of aryl methyl sites for hydroxylation is 1. The number of H-pyrrole nitrogens is 1. The van der Waals surface area contributed by atoms with Crippen LogP contribution in [0.1, 0.15) is 17.5 Å². The van der Waals surface area contributed by atoms with Crippen molar-refractivity contribution < 1.29 is 18.7 Å². The number of nitrogens with one attached hydrogen (secondary N) is 1. The molecular weight excluding hydrogens is 381 g/mol. The van der Waals surface area contributed by atoms with Crippen LogP contribution < -0.4 is 4.74 Å². The van der Waals surface area contributed by atoms with Crippen molar-refractivity contribution in [3.05, 3.63) is 89.9 Å². The summed E-state index contributed by atoms with van der Waals surface area (Å²) in [5.74, 6) is 0.127. The number of benzene rings is 3. The zero-order chi connectivity index (χ0) is 20.9. The van der Waals surface area contributed by atoms with E-state index >= 15 is 0 Å². The normalized spacial score (nSPS) is 10.9. The number of fused-ring (bicyclic) bond motifs is 1. The van der Waals surface area contributed by atoms with Crippen molar-refractivity contribution in [2.24, 2.45) is 0 Å². The minimum atomic E-state index is -0.289. The predicted octanol–water partition coefficient (Wildman–Crippen LogP) is 5.66. The highest BCUT2D eigenvalue weighted by Crippen LogP contribution is 2.34. The third-order valence-electron chi connectivity index (χ3n) is 5.09. The molecule has 0 radical (unpaired) electrons. The number of aromatic nitrogens is 1. The molecule has 4 nitrogen and oxygen atoms in total. The molecule has 3 aromatic carbocycles. The van der Waals surface area contributed by atoms with E-state index in [0.717, 1.165) is 27.6 Å². The maximum atomic E-state index is 14.0. The lowest BCUT2D eigenvalue weighted by molar-refractivity contribution is -0.140. The van der Waals surface area contributed by atoms with Crippen molar-refractivity contribution in [1.29, 1.82) is 0 Å². The average molecular weight is 403 g/mol. The van der Waals surface area contributed by atoms with Crippen LogP contribution in [0.15, 0.2) is 72.9 Å². The summed E-state index contributed by atoms with van der Waals surface area (Å²) >= 11 is 0. The van der Waals surface area contributed by atoms with E-state index in [-0.39, 0.29) is 18.4 Å². The van der Waals surface area contributed by atoms with Crippen LogP contribution in [0.5, 0.6) is 5.75 Å². The van der Waals surface area contributed by atoms with Gasteiger partial charge in [0, 0.05) is 29.3 Å². The fourth-order valence-corrected chi connectivity index (χ4v) is 3.42. The highest BCUT2D eigenvalue weighted by atomic mass is 19.1. The lowest BCUT2D eigenvalue weighted by Gasteiger charge is -2.14. The van der Waals surface area contributed by atoms with Gasteiger partial charge < -0.3 is 14.5 Å². The molecule has 0 fully saturated rings. The minimum absolute atomic E-state index is 0.133. The van der Waals surface area contributed by atoms with Gasteiger partial charge in [-0.3, -0.25) is 4.79 Å². The van der Waals surface area contributed by atoms with Gasteiger partial charge >= 0.3 is 5.97 Å². The Balaban J connectivity index is 1.67. The van der Waals surface area contributed by atoms with Gasteiger partial charge in [0.05, 0.1) is 7.11 Å². The molecule has 0 amide bonds. The minimum Gasteiger partial charge on any atom is -0.488 e. The number of aromatic amines is 1. The molecule has 5 heteroatoms. The van der Waals surface area contributed by atoms with E-state index in [2.05, 4.69) is 11.1 Å². The van der Waals surface area contributed by atoms with Crippen molar-refractivity contribution in [2.75, 3.05) is 7.11 Å². The molecule has 0 saturated carbocycles. The first kappa shape index (κ1) is 19.7. The molecule has 4 aromatic rings. The van der Waals surface area contributed by atoms with Gasteiger partial charge in [0.2, 0.25) is 0 Å². The van der Waals surface area contributed by atoms with Crippen LogP contribution in [0.25, 0.3) is 22.0 Å². The fraction of sp³-hybridized carbons (Fsp3) is 0.160. The molecule has 0 unspecified atom stereocenters. The van der Waals surface area contributed by atoms with Crippen molar-refractivity contribution in [1.82, 2.24) is 4.98 Å². The largest absolute Gasteiger partial charge is 0.488 e. The number of rotatable bonds is 7. The third-order valence-corrected chi connectivity index (χ3v) is 5.09. The Bertz CT molecular complexity index is 1180. The van der Waals surface area contributed by atoms with E-state index in [0.29, 0.717) is 24.2 Å². The number of halogens is 1. The molecule has 4 rings (SSSR count). The summed E-state index contributed by atoms with van der Waals surface area (Å²) in [4.78, 5) is 14.7. The Morgan fingerprint density at radius 1 is 1.03 bits per heavy atom. The van der Waals surface area contributed by atoms with Crippen LogP contribution in [0, 0.1) is 5.82 Å². The summed E-state index contributed by atoms with van der Waals surface area (Å²) < 4.78 is 24.8.